The molecule has 0 saturated heterocycles. The van der Waals surface area contributed by atoms with Crippen molar-refractivity contribution in [1.82, 2.24) is 9.55 Å². The van der Waals surface area contributed by atoms with Crippen molar-refractivity contribution in [2.75, 3.05) is 7.11 Å². The summed E-state index contributed by atoms with van der Waals surface area (Å²) in [4.78, 5) is 16.4. The number of rotatable bonds is 3. The first-order valence-electron chi connectivity index (χ1n) is 7.00. The first kappa shape index (κ1) is 12.9. The van der Waals surface area contributed by atoms with Crippen LogP contribution in [0.4, 0.5) is 0 Å². The van der Waals surface area contributed by atoms with Gasteiger partial charge in [-0.05, 0) is 31.2 Å². The molecule has 0 unspecified atom stereocenters. The second-order valence-electron chi connectivity index (χ2n) is 5.10. The van der Waals surface area contributed by atoms with Crippen LogP contribution in [0.5, 0.6) is 0 Å². The van der Waals surface area contributed by atoms with Crippen LogP contribution in [0.2, 0.25) is 0 Å². The number of nitrogens with zero attached hydrogens (tertiary/aromatic N) is 2. The fourth-order valence-corrected chi connectivity index (χ4v) is 2.78. The highest BCUT2D eigenvalue weighted by atomic mass is 16.5. The molecule has 0 aliphatic heterocycles. The van der Waals surface area contributed by atoms with E-state index in [2.05, 4.69) is 17.1 Å². The minimum atomic E-state index is -0.352. The van der Waals surface area contributed by atoms with Gasteiger partial charge in [0.2, 0.25) is 5.82 Å². The standard InChI is InChI=1S/C16H18N2O2/c1-20-16(19)15-17-13-9-5-6-10-14(13)18(15)11-12-7-3-2-4-8-12/h2-4,7-8H,5-6,9-11H2,1H3. The first-order chi connectivity index (χ1) is 9.79. The molecule has 0 spiro atoms. The topological polar surface area (TPSA) is 44.1 Å². The normalized spacial score (nSPS) is 13.8. The highest BCUT2D eigenvalue weighted by molar-refractivity contribution is 5.85. The minimum absolute atomic E-state index is 0.352. The Bertz CT molecular complexity index is 617. The van der Waals surface area contributed by atoms with Crippen LogP contribution in [-0.2, 0) is 24.1 Å². The van der Waals surface area contributed by atoms with E-state index in [0.717, 1.165) is 31.4 Å². The molecule has 1 aliphatic rings. The predicted octanol–water partition coefficient (Wildman–Crippen LogP) is 2.60. The number of methoxy groups -OCH3 is 1. The van der Waals surface area contributed by atoms with Gasteiger partial charge >= 0.3 is 5.97 Å². The Morgan fingerprint density at radius 2 is 2.00 bits per heavy atom. The third-order valence-corrected chi connectivity index (χ3v) is 3.78. The number of imidazole rings is 1. The highest BCUT2D eigenvalue weighted by Gasteiger charge is 2.24. The average Bonchev–Trinajstić information content (AvgIpc) is 2.86. The Balaban J connectivity index is 2.02. The molecule has 1 aromatic heterocycles. The summed E-state index contributed by atoms with van der Waals surface area (Å²) in [6, 6.07) is 10.1. The van der Waals surface area contributed by atoms with Gasteiger partial charge in [0.25, 0.3) is 0 Å². The molecule has 1 aliphatic carbocycles. The molecule has 20 heavy (non-hydrogen) atoms. The Morgan fingerprint density at radius 3 is 2.75 bits per heavy atom. The number of ether oxygens (including phenoxy) is 1. The van der Waals surface area contributed by atoms with Crippen molar-refractivity contribution in [3.63, 3.8) is 0 Å². The molecule has 0 saturated carbocycles. The zero-order valence-electron chi connectivity index (χ0n) is 11.6. The molecule has 104 valence electrons. The number of esters is 1. The van der Waals surface area contributed by atoms with Crippen LogP contribution in [0, 0.1) is 0 Å². The molecule has 1 heterocycles. The fourth-order valence-electron chi connectivity index (χ4n) is 2.78. The van der Waals surface area contributed by atoms with E-state index in [1.165, 1.54) is 18.4 Å². The maximum Gasteiger partial charge on any atom is 0.374 e. The van der Waals surface area contributed by atoms with Gasteiger partial charge in [-0.3, -0.25) is 0 Å². The van der Waals surface area contributed by atoms with E-state index in [1.807, 2.05) is 22.8 Å². The third kappa shape index (κ3) is 2.33. The molecule has 1 aromatic carbocycles. The first-order valence-corrected chi connectivity index (χ1v) is 7.00. The largest absolute Gasteiger partial charge is 0.463 e. The van der Waals surface area contributed by atoms with Gasteiger partial charge in [-0.2, -0.15) is 0 Å². The maximum atomic E-state index is 11.9. The van der Waals surface area contributed by atoms with Crippen LogP contribution in [-0.4, -0.2) is 22.6 Å². The zero-order chi connectivity index (χ0) is 13.9. The molecule has 4 heteroatoms. The molecular formula is C16H18N2O2. The van der Waals surface area contributed by atoms with Gasteiger partial charge < -0.3 is 9.30 Å². The average molecular weight is 270 g/mol. The molecule has 0 fully saturated rings. The van der Waals surface area contributed by atoms with Crippen molar-refractivity contribution in [3.8, 4) is 0 Å². The summed E-state index contributed by atoms with van der Waals surface area (Å²) < 4.78 is 6.89. The fraction of sp³-hybridized carbons (Fsp3) is 0.375. The second kappa shape index (κ2) is 5.49. The van der Waals surface area contributed by atoms with Gasteiger partial charge in [0.1, 0.15) is 0 Å². The van der Waals surface area contributed by atoms with Crippen molar-refractivity contribution in [2.45, 2.75) is 32.2 Å². The van der Waals surface area contributed by atoms with Gasteiger partial charge in [0.05, 0.1) is 12.8 Å². The molecule has 0 bridgehead atoms. The van der Waals surface area contributed by atoms with Crippen LogP contribution in [0.25, 0.3) is 0 Å². The van der Waals surface area contributed by atoms with Gasteiger partial charge in [-0.1, -0.05) is 30.3 Å². The van der Waals surface area contributed by atoms with Crippen LogP contribution in [0.3, 0.4) is 0 Å². The van der Waals surface area contributed by atoms with Crippen molar-refractivity contribution < 1.29 is 9.53 Å². The molecule has 3 rings (SSSR count). The van der Waals surface area contributed by atoms with Crippen molar-refractivity contribution in [3.05, 3.63) is 53.1 Å². The number of aromatic nitrogens is 2. The minimum Gasteiger partial charge on any atom is -0.463 e. The zero-order valence-corrected chi connectivity index (χ0v) is 11.6. The van der Waals surface area contributed by atoms with E-state index in [-0.39, 0.29) is 5.97 Å². The lowest BCUT2D eigenvalue weighted by Gasteiger charge is -2.15. The third-order valence-electron chi connectivity index (χ3n) is 3.78. The lowest BCUT2D eigenvalue weighted by Crippen LogP contribution is -2.15. The van der Waals surface area contributed by atoms with E-state index in [9.17, 15) is 4.79 Å². The van der Waals surface area contributed by atoms with Crippen LogP contribution in [0.15, 0.2) is 30.3 Å². The molecule has 0 atom stereocenters. The molecule has 0 N–H and O–H groups in total. The summed E-state index contributed by atoms with van der Waals surface area (Å²) in [5.41, 5.74) is 3.43. The van der Waals surface area contributed by atoms with Gasteiger partial charge in [0.15, 0.2) is 0 Å². The molecular weight excluding hydrogens is 252 g/mol. The number of carbonyl (C=O) groups is 1. The molecule has 4 nitrogen and oxygen atoms in total. The monoisotopic (exact) mass is 270 g/mol. The summed E-state index contributed by atoms with van der Waals surface area (Å²) in [6.07, 6.45) is 4.26. The van der Waals surface area contributed by atoms with E-state index in [0.29, 0.717) is 12.4 Å². The number of hydrogen-bond acceptors (Lipinski definition) is 3. The number of aryl methyl sites for hydroxylation is 1. The predicted molar refractivity (Wildman–Crippen MR) is 75.8 cm³/mol. The summed E-state index contributed by atoms with van der Waals surface area (Å²) in [6.45, 7) is 0.674. The summed E-state index contributed by atoms with van der Waals surface area (Å²) in [5.74, 6) is 0.0820. The summed E-state index contributed by atoms with van der Waals surface area (Å²) in [7, 11) is 1.41. The van der Waals surface area contributed by atoms with Crippen molar-refractivity contribution in [1.29, 1.82) is 0 Å². The quantitative estimate of drug-likeness (QED) is 0.805. The second-order valence-corrected chi connectivity index (χ2v) is 5.10. The molecule has 2 aromatic rings. The van der Waals surface area contributed by atoms with Crippen molar-refractivity contribution >= 4 is 5.97 Å². The number of carbonyl (C=O) groups excluding carboxylic acids is 1. The van der Waals surface area contributed by atoms with Crippen LogP contribution < -0.4 is 0 Å². The van der Waals surface area contributed by atoms with Crippen LogP contribution >= 0.6 is 0 Å². The number of hydrogen-bond donors (Lipinski definition) is 0. The Labute approximate surface area is 118 Å². The van der Waals surface area contributed by atoms with Crippen LogP contribution in [0.1, 0.15) is 40.4 Å². The maximum absolute atomic E-state index is 11.9. The van der Waals surface area contributed by atoms with Gasteiger partial charge in [-0.15, -0.1) is 0 Å². The summed E-state index contributed by atoms with van der Waals surface area (Å²) >= 11 is 0. The van der Waals surface area contributed by atoms with Gasteiger partial charge in [0, 0.05) is 12.2 Å². The Morgan fingerprint density at radius 1 is 1.25 bits per heavy atom. The van der Waals surface area contributed by atoms with E-state index < -0.39 is 0 Å². The van der Waals surface area contributed by atoms with Crippen molar-refractivity contribution in [2.24, 2.45) is 0 Å². The lowest BCUT2D eigenvalue weighted by atomic mass is 10.0. The number of fused-ring (bicyclic) bond motifs is 1. The molecule has 0 amide bonds. The van der Waals surface area contributed by atoms with Gasteiger partial charge in [-0.25, -0.2) is 9.78 Å². The Kier molecular flexibility index (Phi) is 3.54. The highest BCUT2D eigenvalue weighted by Crippen LogP contribution is 2.23. The smallest absolute Gasteiger partial charge is 0.374 e. The Hall–Kier alpha value is -2.10. The summed E-state index contributed by atoms with van der Waals surface area (Å²) in [5, 5.41) is 0. The number of benzene rings is 1. The van der Waals surface area contributed by atoms with E-state index in [4.69, 9.17) is 4.74 Å². The lowest BCUT2D eigenvalue weighted by molar-refractivity contribution is 0.0581. The molecule has 0 radical (unpaired) electrons. The SMILES string of the molecule is COC(=O)c1nc2c(n1Cc1ccccc1)CCCC2. The van der Waals surface area contributed by atoms with E-state index >= 15 is 0 Å². The van der Waals surface area contributed by atoms with E-state index in [1.54, 1.807) is 0 Å².